The number of aliphatic hydroxyl groups excluding tert-OH is 1. The van der Waals surface area contributed by atoms with Crippen LogP contribution in [-0.2, 0) is 0 Å². The second kappa shape index (κ2) is 5.48. The summed E-state index contributed by atoms with van der Waals surface area (Å²) in [4.78, 5) is 15.3. The fourth-order valence-corrected chi connectivity index (χ4v) is 2.83. The van der Waals surface area contributed by atoms with E-state index in [4.69, 9.17) is 5.73 Å². The van der Waals surface area contributed by atoms with Crippen LogP contribution < -0.4 is 5.73 Å². The maximum Gasteiger partial charge on any atom is 0.181 e. The molecule has 20 heavy (non-hydrogen) atoms. The molecule has 1 unspecified atom stereocenters. The smallest absolute Gasteiger partial charge is 0.181 e. The molecule has 0 fully saturated rings. The zero-order valence-corrected chi connectivity index (χ0v) is 11.3. The van der Waals surface area contributed by atoms with Crippen LogP contribution in [0.5, 0.6) is 0 Å². The highest BCUT2D eigenvalue weighted by Crippen LogP contribution is 2.28. The van der Waals surface area contributed by atoms with Gasteiger partial charge >= 0.3 is 0 Å². The number of aromatic amines is 1. The predicted molar refractivity (Wildman–Crippen MR) is 78.2 cm³/mol. The lowest BCUT2D eigenvalue weighted by Gasteiger charge is -2.12. The number of H-pyrrole nitrogens is 1. The SMILES string of the molecule is Nc1ccccc1C(O)CSc1ncnc2nc[nH]c12. The maximum absolute atomic E-state index is 10.2. The Morgan fingerprint density at radius 3 is 2.95 bits per heavy atom. The molecule has 0 radical (unpaired) electrons. The summed E-state index contributed by atoms with van der Waals surface area (Å²) in [6.07, 6.45) is 2.40. The van der Waals surface area contributed by atoms with Crippen LogP contribution in [0.1, 0.15) is 11.7 Å². The molecule has 1 aromatic carbocycles. The van der Waals surface area contributed by atoms with Gasteiger partial charge in [-0.05, 0) is 6.07 Å². The van der Waals surface area contributed by atoms with E-state index in [-0.39, 0.29) is 0 Å². The molecule has 0 aliphatic rings. The number of thioether (sulfide) groups is 1. The number of nitrogens with two attached hydrogens (primary N) is 1. The number of hydrogen-bond donors (Lipinski definition) is 3. The Kier molecular flexibility index (Phi) is 3.53. The van der Waals surface area contributed by atoms with Gasteiger partial charge in [-0.25, -0.2) is 15.0 Å². The molecule has 0 aliphatic heterocycles. The number of aromatic nitrogens is 4. The summed E-state index contributed by atoms with van der Waals surface area (Å²) in [7, 11) is 0. The van der Waals surface area contributed by atoms with E-state index in [0.29, 0.717) is 17.1 Å². The molecule has 3 aromatic rings. The third-order valence-corrected chi connectivity index (χ3v) is 3.99. The van der Waals surface area contributed by atoms with Crippen LogP contribution >= 0.6 is 11.8 Å². The van der Waals surface area contributed by atoms with Crippen molar-refractivity contribution in [2.45, 2.75) is 11.1 Å². The first-order valence-corrected chi connectivity index (χ1v) is 7.03. The Morgan fingerprint density at radius 1 is 1.25 bits per heavy atom. The molecular formula is C13H13N5OS. The summed E-state index contributed by atoms with van der Waals surface area (Å²) in [6.45, 7) is 0. The van der Waals surface area contributed by atoms with Crippen molar-refractivity contribution < 1.29 is 5.11 Å². The van der Waals surface area contributed by atoms with Crippen molar-refractivity contribution in [1.29, 1.82) is 0 Å². The van der Waals surface area contributed by atoms with Crippen molar-refractivity contribution in [3.05, 3.63) is 42.5 Å². The van der Waals surface area contributed by atoms with Crippen LogP contribution in [0.15, 0.2) is 41.9 Å². The van der Waals surface area contributed by atoms with Gasteiger partial charge in [0.15, 0.2) is 5.65 Å². The summed E-state index contributed by atoms with van der Waals surface area (Å²) in [5.41, 5.74) is 8.58. The molecule has 0 bridgehead atoms. The van der Waals surface area contributed by atoms with E-state index < -0.39 is 6.10 Å². The number of imidazole rings is 1. The van der Waals surface area contributed by atoms with Gasteiger partial charge in [-0.3, -0.25) is 0 Å². The van der Waals surface area contributed by atoms with Crippen molar-refractivity contribution >= 4 is 28.6 Å². The van der Waals surface area contributed by atoms with Gasteiger partial charge in [0.1, 0.15) is 16.9 Å². The van der Waals surface area contributed by atoms with E-state index in [0.717, 1.165) is 16.1 Å². The molecule has 2 aromatic heterocycles. The quantitative estimate of drug-likeness (QED) is 0.384. The summed E-state index contributed by atoms with van der Waals surface area (Å²) >= 11 is 1.44. The highest BCUT2D eigenvalue weighted by molar-refractivity contribution is 7.99. The van der Waals surface area contributed by atoms with Crippen LogP contribution in [0.2, 0.25) is 0 Å². The average Bonchev–Trinajstić information content (AvgIpc) is 2.94. The van der Waals surface area contributed by atoms with Gasteiger partial charge < -0.3 is 15.8 Å². The minimum Gasteiger partial charge on any atom is -0.398 e. The fourth-order valence-electron chi connectivity index (χ4n) is 1.91. The van der Waals surface area contributed by atoms with Gasteiger partial charge in [0.25, 0.3) is 0 Å². The standard InChI is InChI=1S/C13H13N5OS/c14-9-4-2-1-3-8(9)10(19)5-20-13-11-12(16-6-15-11)17-7-18-13/h1-4,6-7,10,19H,5,14H2,(H,15,16,17,18). The van der Waals surface area contributed by atoms with E-state index in [2.05, 4.69) is 19.9 Å². The molecule has 3 rings (SSSR count). The largest absolute Gasteiger partial charge is 0.398 e. The molecule has 0 aliphatic carbocycles. The number of hydrogen-bond acceptors (Lipinski definition) is 6. The van der Waals surface area contributed by atoms with Gasteiger partial charge in [-0.15, -0.1) is 11.8 Å². The van der Waals surface area contributed by atoms with Crippen molar-refractivity contribution in [3.8, 4) is 0 Å². The first kappa shape index (κ1) is 12.9. The molecule has 0 saturated heterocycles. The maximum atomic E-state index is 10.2. The van der Waals surface area contributed by atoms with Gasteiger partial charge in [0, 0.05) is 17.0 Å². The summed E-state index contributed by atoms with van der Waals surface area (Å²) < 4.78 is 0. The highest BCUT2D eigenvalue weighted by Gasteiger charge is 2.13. The average molecular weight is 287 g/mol. The number of nitrogen functional groups attached to an aromatic ring is 1. The zero-order chi connectivity index (χ0) is 13.9. The summed E-state index contributed by atoms with van der Waals surface area (Å²) in [5.74, 6) is 0.458. The summed E-state index contributed by atoms with van der Waals surface area (Å²) in [5, 5.41) is 11.0. The second-order valence-corrected chi connectivity index (χ2v) is 5.24. The Morgan fingerprint density at radius 2 is 2.10 bits per heavy atom. The topological polar surface area (TPSA) is 101 Å². The van der Waals surface area contributed by atoms with E-state index in [9.17, 15) is 5.11 Å². The Bertz CT molecular complexity index is 729. The van der Waals surface area contributed by atoms with Crippen LogP contribution in [0.25, 0.3) is 11.2 Å². The van der Waals surface area contributed by atoms with Gasteiger partial charge in [-0.1, -0.05) is 18.2 Å². The van der Waals surface area contributed by atoms with E-state index >= 15 is 0 Å². The number of aliphatic hydroxyl groups is 1. The molecule has 0 saturated carbocycles. The number of nitrogens with one attached hydrogen (secondary N) is 1. The van der Waals surface area contributed by atoms with Gasteiger partial charge in [-0.2, -0.15) is 0 Å². The molecule has 0 spiro atoms. The van der Waals surface area contributed by atoms with Crippen LogP contribution in [0, 0.1) is 0 Å². The highest BCUT2D eigenvalue weighted by atomic mass is 32.2. The molecular weight excluding hydrogens is 274 g/mol. The lowest BCUT2D eigenvalue weighted by Crippen LogP contribution is -2.04. The number of nitrogens with zero attached hydrogens (tertiary/aromatic N) is 3. The number of rotatable bonds is 4. The predicted octanol–water partition coefficient (Wildman–Crippen LogP) is 1.76. The second-order valence-electron chi connectivity index (χ2n) is 4.24. The van der Waals surface area contributed by atoms with Crippen molar-refractivity contribution in [2.24, 2.45) is 0 Å². The lowest BCUT2D eigenvalue weighted by atomic mass is 10.1. The monoisotopic (exact) mass is 287 g/mol. The van der Waals surface area contributed by atoms with Crippen LogP contribution in [-0.4, -0.2) is 30.8 Å². The summed E-state index contributed by atoms with van der Waals surface area (Å²) in [6, 6.07) is 7.31. The number of anilines is 1. The number of fused-ring (bicyclic) bond motifs is 1. The van der Waals surface area contributed by atoms with Crippen LogP contribution in [0.4, 0.5) is 5.69 Å². The van der Waals surface area contributed by atoms with Gasteiger partial charge in [0.2, 0.25) is 0 Å². The van der Waals surface area contributed by atoms with Crippen LogP contribution in [0.3, 0.4) is 0 Å². The zero-order valence-electron chi connectivity index (χ0n) is 10.5. The minimum absolute atomic E-state index is 0.458. The molecule has 6 nitrogen and oxygen atoms in total. The number of benzene rings is 1. The molecule has 4 N–H and O–H groups in total. The van der Waals surface area contributed by atoms with Crippen molar-refractivity contribution in [3.63, 3.8) is 0 Å². The fraction of sp³-hybridized carbons (Fsp3) is 0.154. The molecule has 2 heterocycles. The third-order valence-electron chi connectivity index (χ3n) is 2.92. The van der Waals surface area contributed by atoms with E-state index in [1.54, 1.807) is 12.4 Å². The van der Waals surface area contributed by atoms with Crippen molar-refractivity contribution in [1.82, 2.24) is 19.9 Å². The first-order valence-electron chi connectivity index (χ1n) is 6.05. The first-order chi connectivity index (χ1) is 9.75. The molecule has 1 atom stereocenters. The Hall–Kier alpha value is -2.12. The van der Waals surface area contributed by atoms with Gasteiger partial charge in [0.05, 0.1) is 12.4 Å². The minimum atomic E-state index is -0.644. The van der Waals surface area contributed by atoms with E-state index in [1.807, 2.05) is 18.2 Å². The molecule has 102 valence electrons. The van der Waals surface area contributed by atoms with E-state index in [1.165, 1.54) is 18.1 Å². The molecule has 0 amide bonds. The number of para-hydroxylation sites is 1. The third kappa shape index (κ3) is 2.45. The van der Waals surface area contributed by atoms with Crippen molar-refractivity contribution in [2.75, 3.05) is 11.5 Å². The Labute approximate surface area is 119 Å². The lowest BCUT2D eigenvalue weighted by molar-refractivity contribution is 0.205. The molecule has 7 heteroatoms. The normalized spacial score (nSPS) is 12.7. The Balaban J connectivity index is 1.76.